The van der Waals surface area contributed by atoms with E-state index < -0.39 is 24.9 Å². The Labute approximate surface area is 155 Å². The van der Waals surface area contributed by atoms with E-state index in [9.17, 15) is 18.3 Å². The fraction of sp³-hybridized carbons (Fsp3) is 0.368. The Morgan fingerprint density at radius 2 is 1.89 bits per heavy atom. The third kappa shape index (κ3) is 4.21. The average Bonchev–Trinajstić information content (AvgIpc) is 3.09. The number of benzene rings is 1. The van der Waals surface area contributed by atoms with Crippen molar-refractivity contribution in [3.63, 3.8) is 0 Å². The highest BCUT2D eigenvalue weighted by Gasteiger charge is 2.19. The third-order valence-corrected chi connectivity index (χ3v) is 4.38. The maximum atomic E-state index is 13.6. The van der Waals surface area contributed by atoms with Crippen molar-refractivity contribution in [3.8, 4) is 11.3 Å². The van der Waals surface area contributed by atoms with Crippen LogP contribution in [0.3, 0.4) is 0 Å². The van der Waals surface area contributed by atoms with E-state index in [1.54, 1.807) is 37.8 Å². The van der Waals surface area contributed by atoms with Crippen LogP contribution in [0.1, 0.15) is 35.4 Å². The van der Waals surface area contributed by atoms with Crippen LogP contribution < -0.4 is 0 Å². The van der Waals surface area contributed by atoms with Crippen LogP contribution >= 0.6 is 0 Å². The van der Waals surface area contributed by atoms with Crippen molar-refractivity contribution in [2.45, 2.75) is 39.3 Å². The molecule has 0 aliphatic heterocycles. The second-order valence-electron chi connectivity index (χ2n) is 6.61. The number of hydrogen-bond acceptors (Lipinski definition) is 3. The van der Waals surface area contributed by atoms with Gasteiger partial charge in [0.05, 0.1) is 17.5 Å². The standard InChI is InChI=1S/C19H21F3N4O/c1-11-13(9-26(23-11)10-18(21)22)6-14-8-25(3)24-19(14)16-5-4-15(20)7-17(16)12(2)27/h4-5,7-9,12,18,27H,6,10H2,1-3H3/t12-/m1/s1. The second-order valence-corrected chi connectivity index (χ2v) is 6.61. The first-order chi connectivity index (χ1) is 12.7. The topological polar surface area (TPSA) is 55.9 Å². The van der Waals surface area contributed by atoms with Gasteiger partial charge in [-0.3, -0.25) is 9.36 Å². The van der Waals surface area contributed by atoms with Gasteiger partial charge in [-0.2, -0.15) is 10.2 Å². The highest BCUT2D eigenvalue weighted by Crippen LogP contribution is 2.31. The van der Waals surface area contributed by atoms with E-state index in [0.717, 1.165) is 11.1 Å². The zero-order valence-corrected chi connectivity index (χ0v) is 15.3. The Kier molecular flexibility index (Phi) is 5.36. The van der Waals surface area contributed by atoms with Gasteiger partial charge in [-0.15, -0.1) is 0 Å². The first-order valence-corrected chi connectivity index (χ1v) is 8.56. The molecular weight excluding hydrogens is 357 g/mol. The summed E-state index contributed by atoms with van der Waals surface area (Å²) < 4.78 is 41.7. The molecule has 0 amide bonds. The molecule has 2 aromatic heterocycles. The smallest absolute Gasteiger partial charge is 0.257 e. The lowest BCUT2D eigenvalue weighted by Crippen LogP contribution is -2.06. The van der Waals surface area contributed by atoms with Crippen molar-refractivity contribution in [2.24, 2.45) is 7.05 Å². The molecule has 1 N–H and O–H groups in total. The molecule has 0 aliphatic rings. The normalized spacial score (nSPS) is 12.7. The molecule has 0 bridgehead atoms. The van der Waals surface area contributed by atoms with Gasteiger partial charge in [-0.25, -0.2) is 13.2 Å². The Morgan fingerprint density at radius 3 is 2.56 bits per heavy atom. The molecule has 0 saturated heterocycles. The minimum absolute atomic E-state index is 0.434. The molecule has 1 aromatic carbocycles. The van der Waals surface area contributed by atoms with Crippen molar-refractivity contribution in [2.75, 3.05) is 0 Å². The van der Waals surface area contributed by atoms with Crippen LogP contribution in [0.5, 0.6) is 0 Å². The minimum atomic E-state index is -2.47. The summed E-state index contributed by atoms with van der Waals surface area (Å²) in [4.78, 5) is 0. The van der Waals surface area contributed by atoms with Gasteiger partial charge in [0.25, 0.3) is 6.43 Å². The van der Waals surface area contributed by atoms with Gasteiger partial charge in [0.2, 0.25) is 0 Å². The van der Waals surface area contributed by atoms with Gasteiger partial charge >= 0.3 is 0 Å². The summed E-state index contributed by atoms with van der Waals surface area (Å²) in [5.41, 5.74) is 4.02. The van der Waals surface area contributed by atoms with E-state index >= 15 is 0 Å². The maximum Gasteiger partial charge on any atom is 0.257 e. The number of aromatic nitrogens is 4. The largest absolute Gasteiger partial charge is 0.389 e. The first-order valence-electron chi connectivity index (χ1n) is 8.56. The average molecular weight is 378 g/mol. The molecule has 2 heterocycles. The van der Waals surface area contributed by atoms with Crippen LogP contribution in [0, 0.1) is 12.7 Å². The lowest BCUT2D eigenvalue weighted by molar-refractivity contribution is 0.121. The molecular formula is C19H21F3N4O. The number of aliphatic hydroxyl groups excluding tert-OH is 1. The predicted molar refractivity (Wildman–Crippen MR) is 95.0 cm³/mol. The quantitative estimate of drug-likeness (QED) is 0.713. The fourth-order valence-electron chi connectivity index (χ4n) is 3.16. The predicted octanol–water partition coefficient (Wildman–Crippen LogP) is 3.64. The fourth-order valence-corrected chi connectivity index (χ4v) is 3.16. The summed E-state index contributed by atoms with van der Waals surface area (Å²) in [5.74, 6) is -0.434. The van der Waals surface area contributed by atoms with Gasteiger partial charge in [-0.1, -0.05) is 0 Å². The highest BCUT2D eigenvalue weighted by atomic mass is 19.3. The van der Waals surface area contributed by atoms with E-state index in [2.05, 4.69) is 10.2 Å². The molecule has 0 spiro atoms. The number of hydrogen-bond donors (Lipinski definition) is 1. The summed E-state index contributed by atoms with van der Waals surface area (Å²) in [7, 11) is 1.77. The van der Waals surface area contributed by atoms with Gasteiger partial charge in [0, 0.05) is 37.0 Å². The lowest BCUT2D eigenvalue weighted by atomic mass is 9.96. The van der Waals surface area contributed by atoms with Crippen LogP contribution in [-0.4, -0.2) is 31.1 Å². The van der Waals surface area contributed by atoms with E-state index in [0.29, 0.717) is 28.9 Å². The number of aryl methyl sites for hydroxylation is 2. The summed E-state index contributed by atoms with van der Waals surface area (Å²) in [5, 5.41) is 18.6. The van der Waals surface area contributed by atoms with E-state index in [-0.39, 0.29) is 0 Å². The number of alkyl halides is 2. The zero-order valence-electron chi connectivity index (χ0n) is 15.3. The molecule has 27 heavy (non-hydrogen) atoms. The molecule has 0 unspecified atom stereocenters. The molecule has 5 nitrogen and oxygen atoms in total. The number of nitrogens with zero attached hydrogens (tertiary/aromatic N) is 4. The molecule has 0 aliphatic carbocycles. The second kappa shape index (κ2) is 7.56. The third-order valence-electron chi connectivity index (χ3n) is 4.38. The van der Waals surface area contributed by atoms with Gasteiger partial charge in [0.15, 0.2) is 0 Å². The SMILES string of the molecule is Cc1nn(CC(F)F)cc1Cc1cn(C)nc1-c1ccc(F)cc1[C@@H](C)O. The molecule has 0 saturated carbocycles. The van der Waals surface area contributed by atoms with Gasteiger partial charge < -0.3 is 5.11 Å². The van der Waals surface area contributed by atoms with Crippen LogP contribution in [0.15, 0.2) is 30.6 Å². The van der Waals surface area contributed by atoms with Crippen LogP contribution in [0.4, 0.5) is 13.2 Å². The summed E-state index contributed by atoms with van der Waals surface area (Å²) >= 11 is 0. The Bertz CT molecular complexity index is 947. The summed E-state index contributed by atoms with van der Waals surface area (Å²) in [6.45, 7) is 2.89. The molecule has 8 heteroatoms. The van der Waals surface area contributed by atoms with Crippen molar-refractivity contribution < 1.29 is 18.3 Å². The van der Waals surface area contributed by atoms with Crippen molar-refractivity contribution in [1.82, 2.24) is 19.6 Å². The molecule has 144 valence electrons. The Hall–Kier alpha value is -2.61. The minimum Gasteiger partial charge on any atom is -0.389 e. The van der Waals surface area contributed by atoms with Crippen LogP contribution in [-0.2, 0) is 20.0 Å². The number of aliphatic hydroxyl groups is 1. The highest BCUT2D eigenvalue weighted by molar-refractivity contribution is 5.68. The van der Waals surface area contributed by atoms with Crippen molar-refractivity contribution >= 4 is 0 Å². The van der Waals surface area contributed by atoms with E-state index in [1.807, 2.05) is 6.20 Å². The van der Waals surface area contributed by atoms with E-state index in [1.165, 1.54) is 16.8 Å². The molecule has 0 radical (unpaired) electrons. The zero-order chi connectivity index (χ0) is 19.7. The molecule has 1 atom stereocenters. The first kappa shape index (κ1) is 19.2. The van der Waals surface area contributed by atoms with Gasteiger partial charge in [0.1, 0.15) is 12.4 Å². The number of rotatable bonds is 6. The van der Waals surface area contributed by atoms with Crippen LogP contribution in [0.25, 0.3) is 11.3 Å². The van der Waals surface area contributed by atoms with Gasteiger partial charge in [-0.05, 0) is 43.2 Å². The van der Waals surface area contributed by atoms with Crippen molar-refractivity contribution in [3.05, 3.63) is 58.8 Å². The summed E-state index contributed by atoms with van der Waals surface area (Å²) in [6.07, 6.45) is 0.543. The molecule has 3 aromatic rings. The number of halogens is 3. The Balaban J connectivity index is 2.00. The molecule has 3 rings (SSSR count). The lowest BCUT2D eigenvalue weighted by Gasteiger charge is -2.12. The monoisotopic (exact) mass is 378 g/mol. The maximum absolute atomic E-state index is 13.6. The Morgan fingerprint density at radius 1 is 1.15 bits per heavy atom. The molecule has 0 fully saturated rings. The van der Waals surface area contributed by atoms with E-state index in [4.69, 9.17) is 0 Å². The summed E-state index contributed by atoms with van der Waals surface area (Å²) in [6, 6.07) is 4.21. The van der Waals surface area contributed by atoms with Crippen LogP contribution in [0.2, 0.25) is 0 Å². The van der Waals surface area contributed by atoms with Crippen molar-refractivity contribution in [1.29, 1.82) is 0 Å².